The first-order valence-corrected chi connectivity index (χ1v) is 8.47. The number of amides is 1. The predicted molar refractivity (Wildman–Crippen MR) is 97.6 cm³/mol. The molecule has 9 heteroatoms. The Hall–Kier alpha value is -3.36. The van der Waals surface area contributed by atoms with Gasteiger partial charge in [0.1, 0.15) is 5.75 Å². The fourth-order valence-electron chi connectivity index (χ4n) is 2.20. The summed E-state index contributed by atoms with van der Waals surface area (Å²) in [6.07, 6.45) is -5.66. The highest BCUT2D eigenvalue weighted by atomic mass is 19.4. The number of ketones is 1. The molecule has 1 amide bonds. The Morgan fingerprint density at radius 1 is 1.00 bits per heavy atom. The van der Waals surface area contributed by atoms with E-state index in [4.69, 9.17) is 9.47 Å². The van der Waals surface area contributed by atoms with E-state index >= 15 is 0 Å². The van der Waals surface area contributed by atoms with Gasteiger partial charge in [0.15, 0.2) is 18.5 Å². The number of hydrogen-bond donors (Lipinski definition) is 1. The van der Waals surface area contributed by atoms with Gasteiger partial charge in [-0.15, -0.1) is 0 Å². The second-order valence-corrected chi connectivity index (χ2v) is 6.07. The SMILES string of the molecule is CC(=O)c1ccc(OCC(=O)OC(C)C(=O)Nc2ccc(C(F)(F)F)cc2)cc1. The summed E-state index contributed by atoms with van der Waals surface area (Å²) < 4.78 is 47.8. The summed E-state index contributed by atoms with van der Waals surface area (Å²) in [5.74, 6) is -1.28. The Kier molecular flexibility index (Phi) is 6.98. The van der Waals surface area contributed by atoms with Gasteiger partial charge in [-0.3, -0.25) is 9.59 Å². The molecule has 29 heavy (non-hydrogen) atoms. The van der Waals surface area contributed by atoms with Gasteiger partial charge in [-0.1, -0.05) is 0 Å². The molecule has 2 aromatic carbocycles. The van der Waals surface area contributed by atoms with Crippen molar-refractivity contribution < 1.29 is 37.0 Å². The largest absolute Gasteiger partial charge is 0.482 e. The van der Waals surface area contributed by atoms with E-state index in [1.54, 1.807) is 12.1 Å². The van der Waals surface area contributed by atoms with E-state index in [1.807, 2.05) is 0 Å². The number of rotatable bonds is 7. The van der Waals surface area contributed by atoms with Crippen LogP contribution in [-0.4, -0.2) is 30.4 Å². The maximum Gasteiger partial charge on any atom is 0.416 e. The number of carbonyl (C=O) groups excluding carboxylic acids is 3. The molecule has 0 bridgehead atoms. The van der Waals surface area contributed by atoms with Gasteiger partial charge in [0.25, 0.3) is 5.91 Å². The number of benzene rings is 2. The average molecular weight is 409 g/mol. The molecule has 0 aliphatic heterocycles. The van der Waals surface area contributed by atoms with E-state index in [-0.39, 0.29) is 11.5 Å². The lowest BCUT2D eigenvalue weighted by Gasteiger charge is -2.14. The molecule has 0 aliphatic carbocycles. The summed E-state index contributed by atoms with van der Waals surface area (Å²) >= 11 is 0. The first-order chi connectivity index (χ1) is 13.6. The number of nitrogens with one attached hydrogen (secondary N) is 1. The summed E-state index contributed by atoms with van der Waals surface area (Å²) in [6.45, 7) is 2.28. The third-order valence-corrected chi connectivity index (χ3v) is 3.77. The van der Waals surface area contributed by atoms with Crippen LogP contribution >= 0.6 is 0 Å². The highest BCUT2D eigenvalue weighted by Gasteiger charge is 2.30. The van der Waals surface area contributed by atoms with Gasteiger partial charge in [-0.25, -0.2) is 4.79 Å². The minimum Gasteiger partial charge on any atom is -0.482 e. The van der Waals surface area contributed by atoms with E-state index in [0.717, 1.165) is 24.3 Å². The fourth-order valence-corrected chi connectivity index (χ4v) is 2.20. The molecule has 6 nitrogen and oxygen atoms in total. The molecule has 1 N–H and O–H groups in total. The summed E-state index contributed by atoms with van der Waals surface area (Å²) in [5, 5.41) is 2.36. The monoisotopic (exact) mass is 409 g/mol. The third-order valence-electron chi connectivity index (χ3n) is 3.77. The van der Waals surface area contributed by atoms with Crippen LogP contribution in [0.4, 0.5) is 18.9 Å². The molecule has 2 rings (SSSR count). The first kappa shape index (κ1) is 21.9. The first-order valence-electron chi connectivity index (χ1n) is 8.47. The van der Waals surface area contributed by atoms with Crippen molar-refractivity contribution in [2.45, 2.75) is 26.1 Å². The zero-order chi connectivity index (χ0) is 21.6. The number of ether oxygens (including phenoxy) is 2. The van der Waals surface area contributed by atoms with Crippen molar-refractivity contribution in [2.24, 2.45) is 0 Å². The molecule has 0 heterocycles. The number of halogens is 3. The van der Waals surface area contributed by atoms with Crippen molar-refractivity contribution in [3.63, 3.8) is 0 Å². The van der Waals surface area contributed by atoms with Crippen LogP contribution in [0.15, 0.2) is 48.5 Å². The highest BCUT2D eigenvalue weighted by molar-refractivity contribution is 5.95. The minimum absolute atomic E-state index is 0.108. The van der Waals surface area contributed by atoms with Crippen molar-refractivity contribution in [1.29, 1.82) is 0 Å². The third kappa shape index (κ3) is 6.63. The van der Waals surface area contributed by atoms with Crippen LogP contribution in [0.2, 0.25) is 0 Å². The van der Waals surface area contributed by atoms with Crippen LogP contribution in [0.1, 0.15) is 29.8 Å². The molecule has 0 saturated heterocycles. The van der Waals surface area contributed by atoms with E-state index in [0.29, 0.717) is 11.3 Å². The molecule has 0 saturated carbocycles. The maximum atomic E-state index is 12.5. The van der Waals surface area contributed by atoms with Gasteiger partial charge in [0.2, 0.25) is 0 Å². The van der Waals surface area contributed by atoms with Gasteiger partial charge in [0, 0.05) is 11.3 Å². The predicted octanol–water partition coefficient (Wildman–Crippen LogP) is 3.86. The topological polar surface area (TPSA) is 81.7 Å². The lowest BCUT2D eigenvalue weighted by molar-refractivity contribution is -0.155. The van der Waals surface area contributed by atoms with Gasteiger partial charge >= 0.3 is 12.1 Å². The maximum absolute atomic E-state index is 12.5. The van der Waals surface area contributed by atoms with Crippen molar-refractivity contribution in [3.05, 3.63) is 59.7 Å². The van der Waals surface area contributed by atoms with Crippen LogP contribution in [0.5, 0.6) is 5.75 Å². The Morgan fingerprint density at radius 3 is 2.10 bits per heavy atom. The number of alkyl halides is 3. The molecule has 0 aliphatic rings. The van der Waals surface area contributed by atoms with Gasteiger partial charge in [0.05, 0.1) is 5.56 Å². The normalized spacial score (nSPS) is 12.0. The van der Waals surface area contributed by atoms with Gasteiger partial charge < -0.3 is 14.8 Å². The second kappa shape index (κ2) is 9.22. The van der Waals surface area contributed by atoms with Crippen LogP contribution in [0.3, 0.4) is 0 Å². The van der Waals surface area contributed by atoms with Crippen molar-refractivity contribution in [1.82, 2.24) is 0 Å². The minimum atomic E-state index is -4.47. The molecule has 1 unspecified atom stereocenters. The number of hydrogen-bond acceptors (Lipinski definition) is 5. The quantitative estimate of drug-likeness (QED) is 0.555. The molecular weight excluding hydrogens is 391 g/mol. The average Bonchev–Trinajstić information content (AvgIpc) is 2.66. The summed E-state index contributed by atoms with van der Waals surface area (Å²) in [5.41, 5.74) is -0.218. The summed E-state index contributed by atoms with van der Waals surface area (Å²) in [4.78, 5) is 35.0. The van der Waals surface area contributed by atoms with E-state index < -0.39 is 36.3 Å². The highest BCUT2D eigenvalue weighted by Crippen LogP contribution is 2.29. The van der Waals surface area contributed by atoms with Crippen molar-refractivity contribution in [3.8, 4) is 5.75 Å². The molecule has 0 spiro atoms. The molecular formula is C20H18F3NO5. The molecule has 0 fully saturated rings. The Labute approximate surface area is 164 Å². The Balaban J connectivity index is 1.82. The number of carbonyl (C=O) groups is 3. The van der Waals surface area contributed by atoms with Gasteiger partial charge in [-0.2, -0.15) is 13.2 Å². The smallest absolute Gasteiger partial charge is 0.416 e. The van der Waals surface area contributed by atoms with E-state index in [2.05, 4.69) is 5.32 Å². The summed E-state index contributed by atoms with van der Waals surface area (Å²) in [7, 11) is 0. The van der Waals surface area contributed by atoms with E-state index in [9.17, 15) is 27.6 Å². The van der Waals surface area contributed by atoms with Crippen molar-refractivity contribution >= 4 is 23.3 Å². The molecule has 1 atom stereocenters. The lowest BCUT2D eigenvalue weighted by atomic mass is 10.1. The second-order valence-electron chi connectivity index (χ2n) is 6.07. The van der Waals surface area contributed by atoms with Crippen LogP contribution < -0.4 is 10.1 Å². The number of Topliss-reactive ketones (excluding diaryl/α,β-unsaturated/α-hetero) is 1. The number of anilines is 1. The van der Waals surface area contributed by atoms with Crippen molar-refractivity contribution in [2.75, 3.05) is 11.9 Å². The molecule has 154 valence electrons. The molecule has 0 aromatic heterocycles. The fraction of sp³-hybridized carbons (Fsp3) is 0.250. The Bertz CT molecular complexity index is 876. The zero-order valence-corrected chi connectivity index (χ0v) is 15.6. The standard InChI is InChI=1S/C20H18F3NO5/c1-12(25)14-3-9-17(10-4-14)28-11-18(26)29-13(2)19(27)24-16-7-5-15(6-8-16)20(21,22)23/h3-10,13H,11H2,1-2H3,(H,24,27). The van der Waals surface area contributed by atoms with Crippen LogP contribution in [0.25, 0.3) is 0 Å². The van der Waals surface area contributed by atoms with Gasteiger partial charge in [-0.05, 0) is 62.4 Å². The van der Waals surface area contributed by atoms with E-state index in [1.165, 1.54) is 26.0 Å². The number of esters is 1. The summed E-state index contributed by atoms with van der Waals surface area (Å²) in [6, 6.07) is 9.99. The lowest BCUT2D eigenvalue weighted by Crippen LogP contribution is -2.31. The van der Waals surface area contributed by atoms with Crippen LogP contribution in [-0.2, 0) is 20.5 Å². The molecule has 0 radical (unpaired) electrons. The Morgan fingerprint density at radius 2 is 1.59 bits per heavy atom. The molecule has 2 aromatic rings. The van der Waals surface area contributed by atoms with Crippen LogP contribution in [0, 0.1) is 0 Å². The zero-order valence-electron chi connectivity index (χ0n) is 15.6.